The first kappa shape index (κ1) is 13.2. The highest BCUT2D eigenvalue weighted by molar-refractivity contribution is 9.10. The zero-order valence-corrected chi connectivity index (χ0v) is 11.6. The summed E-state index contributed by atoms with van der Waals surface area (Å²) in [6.45, 7) is 1.87. The quantitative estimate of drug-likeness (QED) is 0.902. The van der Waals surface area contributed by atoms with Crippen molar-refractivity contribution in [1.29, 1.82) is 0 Å². The number of halogens is 2. The van der Waals surface area contributed by atoms with Crippen molar-refractivity contribution in [3.8, 4) is 0 Å². The maximum atomic E-state index is 13.2. The molecule has 2 aromatic rings. The second-order valence-corrected chi connectivity index (χ2v) is 5.26. The van der Waals surface area contributed by atoms with Gasteiger partial charge in [-0.25, -0.2) is 4.39 Å². The monoisotopic (exact) mass is 308 g/mol. The summed E-state index contributed by atoms with van der Waals surface area (Å²) >= 11 is 3.37. The summed E-state index contributed by atoms with van der Waals surface area (Å²) in [4.78, 5) is 0. The smallest absolute Gasteiger partial charge is 0.123 e. The molecule has 1 unspecified atom stereocenters. The summed E-state index contributed by atoms with van der Waals surface area (Å²) < 4.78 is 14.2. The lowest BCUT2D eigenvalue weighted by atomic mass is 9.98. The highest BCUT2D eigenvalue weighted by Crippen LogP contribution is 2.23. The predicted molar refractivity (Wildman–Crippen MR) is 73.9 cm³/mol. The topological polar surface area (TPSA) is 20.2 Å². The molecular formula is C15H14BrFO. The summed E-state index contributed by atoms with van der Waals surface area (Å²) in [5.41, 5.74) is 2.58. The minimum atomic E-state index is -0.679. The average Bonchev–Trinajstić information content (AvgIpc) is 2.35. The first-order valence-electron chi connectivity index (χ1n) is 5.75. The highest BCUT2D eigenvalue weighted by atomic mass is 79.9. The van der Waals surface area contributed by atoms with Gasteiger partial charge in [0, 0.05) is 10.9 Å². The Morgan fingerprint density at radius 2 is 1.83 bits per heavy atom. The zero-order valence-electron chi connectivity index (χ0n) is 10.0. The molecule has 0 aromatic heterocycles. The Hall–Kier alpha value is -1.19. The number of aliphatic hydroxyl groups is 1. The summed E-state index contributed by atoms with van der Waals surface area (Å²) in [5.74, 6) is -0.314. The van der Waals surface area contributed by atoms with E-state index in [0.29, 0.717) is 12.0 Å². The van der Waals surface area contributed by atoms with E-state index in [1.165, 1.54) is 12.1 Å². The van der Waals surface area contributed by atoms with Crippen LogP contribution in [0.15, 0.2) is 46.9 Å². The standard InChI is InChI=1S/C15H14BrFO/c1-10-2-7-13(17)9-14(10)15(18)8-11-3-5-12(16)6-4-11/h2-7,9,15,18H,8H2,1H3. The molecule has 0 aliphatic heterocycles. The van der Waals surface area contributed by atoms with Crippen LogP contribution in [-0.2, 0) is 6.42 Å². The maximum absolute atomic E-state index is 13.2. The van der Waals surface area contributed by atoms with E-state index >= 15 is 0 Å². The number of hydrogen-bond donors (Lipinski definition) is 1. The van der Waals surface area contributed by atoms with Gasteiger partial charge in [-0.2, -0.15) is 0 Å². The SMILES string of the molecule is Cc1ccc(F)cc1C(O)Cc1ccc(Br)cc1. The molecule has 0 saturated carbocycles. The number of hydrogen-bond acceptors (Lipinski definition) is 1. The molecule has 0 aliphatic carbocycles. The van der Waals surface area contributed by atoms with Crippen molar-refractivity contribution >= 4 is 15.9 Å². The molecule has 2 aromatic carbocycles. The van der Waals surface area contributed by atoms with Crippen molar-refractivity contribution in [3.05, 3.63) is 69.4 Å². The van der Waals surface area contributed by atoms with E-state index in [1.807, 2.05) is 31.2 Å². The third-order valence-electron chi connectivity index (χ3n) is 2.94. The van der Waals surface area contributed by atoms with E-state index in [9.17, 15) is 9.50 Å². The van der Waals surface area contributed by atoms with Gasteiger partial charge in [0.25, 0.3) is 0 Å². The molecule has 3 heteroatoms. The average molecular weight is 309 g/mol. The van der Waals surface area contributed by atoms with Crippen molar-refractivity contribution in [1.82, 2.24) is 0 Å². The van der Waals surface area contributed by atoms with Crippen molar-refractivity contribution < 1.29 is 9.50 Å². The zero-order chi connectivity index (χ0) is 13.1. The Bertz CT molecular complexity index is 537. The fourth-order valence-electron chi connectivity index (χ4n) is 1.92. The number of benzene rings is 2. The van der Waals surface area contributed by atoms with Gasteiger partial charge in [0.2, 0.25) is 0 Å². The Kier molecular flexibility index (Phi) is 4.15. The molecule has 94 valence electrons. The van der Waals surface area contributed by atoms with Crippen molar-refractivity contribution in [3.63, 3.8) is 0 Å². The van der Waals surface area contributed by atoms with E-state index in [4.69, 9.17) is 0 Å². The molecule has 0 heterocycles. The van der Waals surface area contributed by atoms with Crippen LogP contribution in [0.4, 0.5) is 4.39 Å². The van der Waals surface area contributed by atoms with Gasteiger partial charge in [-0.05, 0) is 47.9 Å². The number of aryl methyl sites for hydroxylation is 1. The molecule has 0 bridgehead atoms. The van der Waals surface area contributed by atoms with Gasteiger partial charge in [-0.15, -0.1) is 0 Å². The van der Waals surface area contributed by atoms with E-state index < -0.39 is 6.10 Å². The van der Waals surface area contributed by atoms with Crippen LogP contribution >= 0.6 is 15.9 Å². The van der Waals surface area contributed by atoms with Crippen LogP contribution in [0.1, 0.15) is 22.8 Å². The molecule has 2 rings (SSSR count). The lowest BCUT2D eigenvalue weighted by Crippen LogP contribution is -2.04. The summed E-state index contributed by atoms with van der Waals surface area (Å²) in [7, 11) is 0. The van der Waals surface area contributed by atoms with Crippen LogP contribution in [0.5, 0.6) is 0 Å². The summed E-state index contributed by atoms with van der Waals surface area (Å²) in [6.07, 6.45) is -0.195. The molecule has 0 amide bonds. The minimum Gasteiger partial charge on any atom is -0.388 e. The van der Waals surface area contributed by atoms with Gasteiger partial charge in [0.1, 0.15) is 5.82 Å². The largest absolute Gasteiger partial charge is 0.388 e. The Morgan fingerprint density at radius 1 is 1.17 bits per heavy atom. The summed E-state index contributed by atoms with van der Waals surface area (Å²) in [5, 5.41) is 10.2. The van der Waals surface area contributed by atoms with Gasteiger partial charge in [0.05, 0.1) is 6.10 Å². The number of aliphatic hydroxyl groups excluding tert-OH is 1. The van der Waals surface area contributed by atoms with Crippen LogP contribution in [0.2, 0.25) is 0 Å². The fourth-order valence-corrected chi connectivity index (χ4v) is 2.19. The Morgan fingerprint density at radius 3 is 2.50 bits per heavy atom. The van der Waals surface area contributed by atoms with E-state index in [0.717, 1.165) is 15.6 Å². The van der Waals surface area contributed by atoms with Crippen LogP contribution in [0.3, 0.4) is 0 Å². The van der Waals surface area contributed by atoms with Gasteiger partial charge in [0.15, 0.2) is 0 Å². The molecular weight excluding hydrogens is 295 g/mol. The van der Waals surface area contributed by atoms with Crippen molar-refractivity contribution in [2.75, 3.05) is 0 Å². The van der Waals surface area contributed by atoms with Gasteiger partial charge in [-0.3, -0.25) is 0 Å². The molecule has 0 fully saturated rings. The first-order valence-corrected chi connectivity index (χ1v) is 6.54. The van der Waals surface area contributed by atoms with Gasteiger partial charge >= 0.3 is 0 Å². The van der Waals surface area contributed by atoms with E-state index in [2.05, 4.69) is 15.9 Å². The third kappa shape index (κ3) is 3.18. The lowest BCUT2D eigenvalue weighted by Gasteiger charge is -2.14. The van der Waals surface area contributed by atoms with Crippen LogP contribution in [-0.4, -0.2) is 5.11 Å². The molecule has 1 atom stereocenters. The normalized spacial score (nSPS) is 12.4. The molecule has 1 nitrogen and oxygen atoms in total. The Labute approximate surface area is 114 Å². The fraction of sp³-hybridized carbons (Fsp3) is 0.200. The molecule has 0 aliphatic rings. The second-order valence-electron chi connectivity index (χ2n) is 4.35. The molecule has 0 spiro atoms. The predicted octanol–water partition coefficient (Wildman–Crippen LogP) is 4.17. The van der Waals surface area contributed by atoms with Crippen molar-refractivity contribution in [2.24, 2.45) is 0 Å². The summed E-state index contributed by atoms with van der Waals surface area (Å²) in [6, 6.07) is 12.3. The van der Waals surface area contributed by atoms with E-state index in [-0.39, 0.29) is 5.82 Å². The molecule has 0 radical (unpaired) electrons. The van der Waals surface area contributed by atoms with Crippen LogP contribution in [0.25, 0.3) is 0 Å². The highest BCUT2D eigenvalue weighted by Gasteiger charge is 2.12. The third-order valence-corrected chi connectivity index (χ3v) is 3.47. The molecule has 0 saturated heterocycles. The lowest BCUT2D eigenvalue weighted by molar-refractivity contribution is 0.177. The molecule has 1 N–H and O–H groups in total. The number of rotatable bonds is 3. The van der Waals surface area contributed by atoms with Gasteiger partial charge in [-0.1, -0.05) is 34.1 Å². The Balaban J connectivity index is 2.18. The minimum absolute atomic E-state index is 0.314. The van der Waals surface area contributed by atoms with E-state index in [1.54, 1.807) is 6.07 Å². The van der Waals surface area contributed by atoms with Gasteiger partial charge < -0.3 is 5.11 Å². The van der Waals surface area contributed by atoms with Crippen molar-refractivity contribution in [2.45, 2.75) is 19.4 Å². The van der Waals surface area contributed by atoms with Crippen LogP contribution < -0.4 is 0 Å². The first-order chi connectivity index (χ1) is 8.56. The maximum Gasteiger partial charge on any atom is 0.123 e. The van der Waals surface area contributed by atoms with Crippen LogP contribution in [0, 0.1) is 12.7 Å². The second kappa shape index (κ2) is 5.63. The molecule has 18 heavy (non-hydrogen) atoms.